The van der Waals surface area contributed by atoms with Crippen molar-refractivity contribution in [1.82, 2.24) is 0 Å². The SMILES string of the molecule is [C-]#CCc1cccc(CC#[C-])c1.[Li+].[Li+]. The summed E-state index contributed by atoms with van der Waals surface area (Å²) in [5.41, 5.74) is 2.13. The molecule has 0 aliphatic rings. The van der Waals surface area contributed by atoms with E-state index in [-0.39, 0.29) is 37.7 Å². The Labute approximate surface area is 110 Å². The molecule has 0 atom stereocenters. The summed E-state index contributed by atoms with van der Waals surface area (Å²) in [6, 6.07) is 7.81. The largest absolute Gasteiger partial charge is 1.00 e. The summed E-state index contributed by atoms with van der Waals surface area (Å²) in [7, 11) is 0. The van der Waals surface area contributed by atoms with Gasteiger partial charge in [-0.15, -0.1) is 0 Å². The number of rotatable bonds is 2. The maximum atomic E-state index is 6.81. The minimum atomic E-state index is 0. The van der Waals surface area contributed by atoms with Crippen LogP contribution in [0, 0.1) is 24.7 Å². The van der Waals surface area contributed by atoms with Gasteiger partial charge in [0.25, 0.3) is 0 Å². The third-order valence-corrected chi connectivity index (χ3v) is 1.58. The Hall–Kier alpha value is -0.465. The van der Waals surface area contributed by atoms with Gasteiger partial charge in [-0.2, -0.15) is 0 Å². The fourth-order valence-corrected chi connectivity index (χ4v) is 1.05. The Morgan fingerprint density at radius 1 is 0.929 bits per heavy atom. The van der Waals surface area contributed by atoms with Crippen molar-refractivity contribution in [3.8, 4) is 11.8 Å². The second-order valence-corrected chi connectivity index (χ2v) is 2.53. The fourth-order valence-electron chi connectivity index (χ4n) is 1.05. The third-order valence-electron chi connectivity index (χ3n) is 1.58. The van der Waals surface area contributed by atoms with Crippen molar-refractivity contribution >= 4 is 0 Å². The van der Waals surface area contributed by atoms with Gasteiger partial charge in [0.05, 0.1) is 0 Å². The molecule has 0 saturated carbocycles. The molecule has 0 nitrogen and oxygen atoms in total. The molecular formula is C12H8Li2. The van der Waals surface area contributed by atoms with Crippen LogP contribution in [0.4, 0.5) is 0 Å². The predicted octanol–water partition coefficient (Wildman–Crippen LogP) is -4.04. The monoisotopic (exact) mass is 166 g/mol. The fraction of sp³-hybridized carbons (Fsp3) is 0.167. The van der Waals surface area contributed by atoms with Gasteiger partial charge < -0.3 is 24.7 Å². The zero-order chi connectivity index (χ0) is 8.81. The van der Waals surface area contributed by atoms with Crippen molar-refractivity contribution in [2.24, 2.45) is 0 Å². The topological polar surface area (TPSA) is 0 Å². The van der Waals surface area contributed by atoms with Crippen molar-refractivity contribution < 1.29 is 37.7 Å². The molecule has 1 aromatic rings. The minimum absolute atomic E-state index is 0. The Morgan fingerprint density at radius 3 is 1.71 bits per heavy atom. The van der Waals surface area contributed by atoms with Crippen LogP contribution in [0.3, 0.4) is 0 Å². The molecule has 0 unspecified atom stereocenters. The van der Waals surface area contributed by atoms with Crippen LogP contribution in [0.1, 0.15) is 11.1 Å². The molecule has 0 aromatic heterocycles. The second kappa shape index (κ2) is 9.10. The maximum absolute atomic E-state index is 6.81. The van der Waals surface area contributed by atoms with E-state index in [9.17, 15) is 0 Å². The molecule has 0 spiro atoms. The van der Waals surface area contributed by atoms with Crippen LogP contribution >= 0.6 is 0 Å². The van der Waals surface area contributed by atoms with Crippen LogP contribution in [0.2, 0.25) is 0 Å². The van der Waals surface area contributed by atoms with Crippen molar-refractivity contribution in [3.05, 3.63) is 48.2 Å². The molecule has 0 amide bonds. The standard InChI is InChI=1S/C12H8.2Li/c1-3-6-11-8-5-9-12(10-11)7-4-2;;/h5,8-10H,6-7H2;;/q-2;2*+1. The predicted molar refractivity (Wildman–Crippen MR) is 48.1 cm³/mol. The molecule has 0 aliphatic carbocycles. The van der Waals surface area contributed by atoms with E-state index in [1.165, 1.54) is 0 Å². The van der Waals surface area contributed by atoms with Crippen molar-refractivity contribution in [3.63, 3.8) is 0 Å². The van der Waals surface area contributed by atoms with E-state index in [0.717, 1.165) is 11.1 Å². The van der Waals surface area contributed by atoms with Crippen molar-refractivity contribution in [2.75, 3.05) is 0 Å². The van der Waals surface area contributed by atoms with E-state index in [4.69, 9.17) is 12.8 Å². The average Bonchev–Trinajstić information content (AvgIpc) is 2.06. The van der Waals surface area contributed by atoms with E-state index in [2.05, 4.69) is 11.8 Å². The average molecular weight is 166 g/mol. The normalized spacial score (nSPS) is 7.29. The Kier molecular flexibility index (Phi) is 10.4. The summed E-state index contributed by atoms with van der Waals surface area (Å²) in [4.78, 5) is 0. The van der Waals surface area contributed by atoms with Gasteiger partial charge in [0.2, 0.25) is 0 Å². The van der Waals surface area contributed by atoms with Crippen LogP contribution in [0.15, 0.2) is 24.3 Å². The van der Waals surface area contributed by atoms with Gasteiger partial charge in [0, 0.05) is 0 Å². The van der Waals surface area contributed by atoms with Gasteiger partial charge in [-0.25, -0.2) is 0 Å². The smallest absolute Gasteiger partial charge is 0.693 e. The van der Waals surface area contributed by atoms with Crippen LogP contribution < -0.4 is 37.7 Å². The van der Waals surface area contributed by atoms with Crippen LogP contribution in [0.5, 0.6) is 0 Å². The molecule has 2 heteroatoms. The summed E-state index contributed by atoms with van der Waals surface area (Å²) in [5.74, 6) is 4.67. The summed E-state index contributed by atoms with van der Waals surface area (Å²) in [6.45, 7) is 0. The summed E-state index contributed by atoms with van der Waals surface area (Å²) >= 11 is 0. The number of benzene rings is 1. The molecule has 0 fully saturated rings. The Bertz CT molecular complexity index is 311. The van der Waals surface area contributed by atoms with Crippen LogP contribution in [-0.4, -0.2) is 0 Å². The molecule has 0 aliphatic heterocycles. The summed E-state index contributed by atoms with van der Waals surface area (Å²) in [5, 5.41) is 0. The molecule has 0 N–H and O–H groups in total. The third kappa shape index (κ3) is 5.30. The van der Waals surface area contributed by atoms with E-state index in [1.54, 1.807) is 0 Å². The van der Waals surface area contributed by atoms with Crippen molar-refractivity contribution in [2.45, 2.75) is 12.8 Å². The van der Waals surface area contributed by atoms with E-state index in [0.29, 0.717) is 12.8 Å². The molecule has 14 heavy (non-hydrogen) atoms. The maximum Gasteiger partial charge on any atom is 1.00 e. The molecule has 58 valence electrons. The molecule has 0 heterocycles. The van der Waals surface area contributed by atoms with Gasteiger partial charge in [-0.3, -0.25) is 0 Å². The van der Waals surface area contributed by atoms with E-state index in [1.807, 2.05) is 24.3 Å². The second-order valence-electron chi connectivity index (χ2n) is 2.53. The van der Waals surface area contributed by atoms with Gasteiger partial charge in [0.15, 0.2) is 0 Å². The van der Waals surface area contributed by atoms with E-state index >= 15 is 0 Å². The molecule has 1 aromatic carbocycles. The minimum Gasteiger partial charge on any atom is -0.693 e. The first-order valence-electron chi connectivity index (χ1n) is 3.74. The van der Waals surface area contributed by atoms with Crippen LogP contribution in [0.25, 0.3) is 0 Å². The zero-order valence-corrected chi connectivity index (χ0v) is 8.72. The van der Waals surface area contributed by atoms with Gasteiger partial charge in [-0.05, 0) is 24.0 Å². The molecule has 0 saturated heterocycles. The van der Waals surface area contributed by atoms with Crippen LogP contribution in [-0.2, 0) is 12.8 Å². The molecule has 0 bridgehead atoms. The molecule has 0 radical (unpaired) electrons. The van der Waals surface area contributed by atoms with E-state index < -0.39 is 0 Å². The first-order chi connectivity index (χ1) is 5.86. The zero-order valence-electron chi connectivity index (χ0n) is 8.72. The van der Waals surface area contributed by atoms with Crippen molar-refractivity contribution in [1.29, 1.82) is 0 Å². The Balaban J connectivity index is 0. The van der Waals surface area contributed by atoms with Gasteiger partial charge in [-0.1, -0.05) is 24.3 Å². The molecule has 1 rings (SSSR count). The first-order valence-corrected chi connectivity index (χ1v) is 3.74. The van der Waals surface area contributed by atoms with Gasteiger partial charge >= 0.3 is 37.7 Å². The Morgan fingerprint density at radius 2 is 1.36 bits per heavy atom. The summed E-state index contributed by atoms with van der Waals surface area (Å²) in [6.07, 6.45) is 14.7. The number of hydrogen-bond acceptors (Lipinski definition) is 0. The number of hydrogen-bond donors (Lipinski definition) is 0. The summed E-state index contributed by atoms with van der Waals surface area (Å²) < 4.78 is 0. The molecular weight excluding hydrogens is 158 g/mol. The first kappa shape index (κ1) is 16.0. The van der Waals surface area contributed by atoms with Gasteiger partial charge in [0.1, 0.15) is 0 Å². The quantitative estimate of drug-likeness (QED) is 0.238.